The molecule has 1 aromatic heterocycles. The Morgan fingerprint density at radius 3 is 2.67 bits per heavy atom. The number of amides is 1. The summed E-state index contributed by atoms with van der Waals surface area (Å²) in [7, 11) is 0. The second-order valence-corrected chi connectivity index (χ2v) is 5.97. The molecule has 0 bridgehead atoms. The van der Waals surface area contributed by atoms with Crippen molar-refractivity contribution in [2.75, 3.05) is 5.32 Å². The number of nitrogens with two attached hydrogens (primary N) is 1. The van der Waals surface area contributed by atoms with Gasteiger partial charge in [0.25, 0.3) is 5.91 Å². The van der Waals surface area contributed by atoms with E-state index in [1.807, 2.05) is 0 Å². The van der Waals surface area contributed by atoms with E-state index in [4.69, 9.17) is 10.3 Å². The summed E-state index contributed by atoms with van der Waals surface area (Å²) in [5.41, 5.74) is 5.39. The van der Waals surface area contributed by atoms with Crippen LogP contribution in [0.1, 0.15) is 41.7 Å². The summed E-state index contributed by atoms with van der Waals surface area (Å²) in [4.78, 5) is 19.4. The topological polar surface area (TPSA) is 138 Å². The zero-order chi connectivity index (χ0) is 15.4. The highest BCUT2D eigenvalue weighted by Gasteiger charge is 2.21. The molecule has 5 N–H and O–H groups in total. The lowest BCUT2D eigenvalue weighted by molar-refractivity contribution is 0.0998. The Bertz CT molecular complexity index is 546. The first-order valence-corrected chi connectivity index (χ1v) is 7.91. The number of hydrogen-bond acceptors (Lipinski definition) is 6. The second-order valence-electron chi connectivity index (χ2n) is 5.03. The van der Waals surface area contributed by atoms with E-state index in [9.17, 15) is 14.1 Å². The molecule has 1 aliphatic carbocycles. The highest BCUT2D eigenvalue weighted by Crippen LogP contribution is 2.21. The first-order chi connectivity index (χ1) is 9.95. The average Bonchev–Trinajstić information content (AvgIpc) is 2.40. The van der Waals surface area contributed by atoms with Crippen molar-refractivity contribution in [1.82, 2.24) is 9.97 Å². The molecule has 1 amide bonds. The third kappa shape index (κ3) is 4.45. The van der Waals surface area contributed by atoms with Crippen molar-refractivity contribution in [3.05, 3.63) is 17.5 Å². The predicted molar refractivity (Wildman–Crippen MR) is 76.9 cm³/mol. The molecular formula is C12H18N4O4S. The molecule has 116 valence electrons. The van der Waals surface area contributed by atoms with Crippen LogP contribution in [0.25, 0.3) is 0 Å². The Morgan fingerprint density at radius 2 is 2.10 bits per heavy atom. The van der Waals surface area contributed by atoms with Gasteiger partial charge in [0.1, 0.15) is 0 Å². The third-order valence-electron chi connectivity index (χ3n) is 3.42. The van der Waals surface area contributed by atoms with Gasteiger partial charge in [0.2, 0.25) is 5.95 Å². The summed E-state index contributed by atoms with van der Waals surface area (Å²) in [6, 6.07) is 0.139. The highest BCUT2D eigenvalue weighted by atomic mass is 32.2. The normalized spacial score (nSPS) is 23.5. The van der Waals surface area contributed by atoms with Crippen LogP contribution in [0.4, 0.5) is 5.95 Å². The molecule has 0 saturated heterocycles. The van der Waals surface area contributed by atoms with Gasteiger partial charge in [-0.3, -0.25) is 4.79 Å². The lowest BCUT2D eigenvalue weighted by Crippen LogP contribution is -2.29. The second kappa shape index (κ2) is 6.92. The first kappa shape index (κ1) is 15.8. The Balaban J connectivity index is 2.13. The lowest BCUT2D eigenvalue weighted by Gasteiger charge is -2.26. The van der Waals surface area contributed by atoms with Gasteiger partial charge < -0.3 is 20.7 Å². The monoisotopic (exact) mass is 314 g/mol. The summed E-state index contributed by atoms with van der Waals surface area (Å²) in [6.07, 6.45) is 4.02. The van der Waals surface area contributed by atoms with Crippen molar-refractivity contribution in [2.45, 2.75) is 43.6 Å². The molecule has 2 rings (SSSR count). The van der Waals surface area contributed by atoms with E-state index in [0.29, 0.717) is 18.8 Å². The van der Waals surface area contributed by atoms with Gasteiger partial charge in [-0.05, 0) is 25.7 Å². The molecule has 0 aliphatic heterocycles. The van der Waals surface area contributed by atoms with Crippen molar-refractivity contribution in [3.63, 3.8) is 0 Å². The SMILES string of the molecule is NC(=O)c1cnc(NC2CCC(O)CC2)nc1CS(=O)O. The molecule has 9 heteroatoms. The summed E-state index contributed by atoms with van der Waals surface area (Å²) in [5.74, 6) is -0.719. The number of primary amides is 1. The predicted octanol–water partition coefficient (Wildman–Crippen LogP) is 0.0126. The number of carbonyl (C=O) groups excluding carboxylic acids is 1. The van der Waals surface area contributed by atoms with Crippen LogP contribution in [0.5, 0.6) is 0 Å². The molecule has 1 fully saturated rings. The Labute approximate surface area is 124 Å². The fraction of sp³-hybridized carbons (Fsp3) is 0.583. The Hall–Kier alpha value is -1.58. The largest absolute Gasteiger partial charge is 0.393 e. The standard InChI is InChI=1S/C12H18N4O4S/c13-11(18)9-5-14-12(16-10(9)6-21(19)20)15-7-1-3-8(17)4-2-7/h5,7-8,17H,1-4,6H2,(H2,13,18)(H,19,20)(H,14,15,16). The van der Waals surface area contributed by atoms with Crippen LogP contribution in [-0.2, 0) is 16.8 Å². The number of hydrogen-bond donors (Lipinski definition) is 4. The zero-order valence-corrected chi connectivity index (χ0v) is 12.2. The molecule has 1 heterocycles. The van der Waals surface area contributed by atoms with Crippen LogP contribution in [0, 0.1) is 0 Å². The smallest absolute Gasteiger partial charge is 0.252 e. The molecule has 0 radical (unpaired) electrons. The molecule has 1 aliphatic rings. The van der Waals surface area contributed by atoms with Crippen molar-refractivity contribution < 1.29 is 18.7 Å². The third-order valence-corrected chi connectivity index (χ3v) is 3.94. The van der Waals surface area contributed by atoms with E-state index in [-0.39, 0.29) is 29.2 Å². The van der Waals surface area contributed by atoms with Crippen LogP contribution in [-0.4, -0.2) is 41.9 Å². The lowest BCUT2D eigenvalue weighted by atomic mass is 9.93. The fourth-order valence-electron chi connectivity index (χ4n) is 2.32. The van der Waals surface area contributed by atoms with E-state index in [1.54, 1.807) is 0 Å². The van der Waals surface area contributed by atoms with Gasteiger partial charge in [0.05, 0.1) is 23.1 Å². The number of nitrogens with zero attached hydrogens (tertiary/aromatic N) is 2. The number of aliphatic hydroxyl groups excluding tert-OH is 1. The number of aromatic nitrogens is 2. The number of rotatable bonds is 5. The van der Waals surface area contributed by atoms with Crippen LogP contribution in [0.2, 0.25) is 0 Å². The van der Waals surface area contributed by atoms with Crippen molar-refractivity contribution in [2.24, 2.45) is 5.73 Å². The van der Waals surface area contributed by atoms with Crippen molar-refractivity contribution in [3.8, 4) is 0 Å². The maximum atomic E-state index is 11.3. The molecule has 21 heavy (non-hydrogen) atoms. The van der Waals surface area contributed by atoms with E-state index in [1.165, 1.54) is 6.20 Å². The van der Waals surface area contributed by atoms with Crippen LogP contribution in [0.15, 0.2) is 6.20 Å². The van der Waals surface area contributed by atoms with Gasteiger partial charge in [0, 0.05) is 12.2 Å². The minimum Gasteiger partial charge on any atom is -0.393 e. The van der Waals surface area contributed by atoms with Crippen molar-refractivity contribution in [1.29, 1.82) is 0 Å². The molecular weight excluding hydrogens is 296 g/mol. The van der Waals surface area contributed by atoms with E-state index in [2.05, 4.69) is 15.3 Å². The Kier molecular flexibility index (Phi) is 5.21. The van der Waals surface area contributed by atoms with Gasteiger partial charge in [-0.25, -0.2) is 14.2 Å². The molecule has 8 nitrogen and oxygen atoms in total. The maximum absolute atomic E-state index is 11.3. The van der Waals surface area contributed by atoms with Gasteiger partial charge >= 0.3 is 0 Å². The van der Waals surface area contributed by atoms with Crippen LogP contribution < -0.4 is 11.1 Å². The van der Waals surface area contributed by atoms with Gasteiger partial charge in [-0.1, -0.05) is 0 Å². The van der Waals surface area contributed by atoms with E-state index >= 15 is 0 Å². The molecule has 1 saturated carbocycles. The summed E-state index contributed by atoms with van der Waals surface area (Å²) in [6.45, 7) is 0. The molecule has 1 atom stereocenters. The number of anilines is 1. The van der Waals surface area contributed by atoms with Gasteiger partial charge in [0.15, 0.2) is 11.1 Å². The molecule has 1 aromatic rings. The summed E-state index contributed by atoms with van der Waals surface area (Å²) >= 11 is -2.12. The highest BCUT2D eigenvalue weighted by molar-refractivity contribution is 7.78. The minimum absolute atomic E-state index is 0.0435. The van der Waals surface area contributed by atoms with E-state index < -0.39 is 17.0 Å². The van der Waals surface area contributed by atoms with Crippen LogP contribution >= 0.6 is 0 Å². The molecule has 1 unspecified atom stereocenters. The average molecular weight is 314 g/mol. The quantitative estimate of drug-likeness (QED) is 0.561. The molecule has 0 aromatic carbocycles. The minimum atomic E-state index is -2.12. The number of nitrogens with one attached hydrogen (secondary N) is 1. The van der Waals surface area contributed by atoms with Gasteiger partial charge in [-0.15, -0.1) is 0 Å². The Morgan fingerprint density at radius 1 is 1.43 bits per heavy atom. The number of aliphatic hydroxyl groups is 1. The molecule has 0 spiro atoms. The zero-order valence-electron chi connectivity index (χ0n) is 11.4. The summed E-state index contributed by atoms with van der Waals surface area (Å²) < 4.78 is 19.9. The number of carbonyl (C=O) groups is 1. The van der Waals surface area contributed by atoms with Crippen molar-refractivity contribution >= 4 is 22.9 Å². The van der Waals surface area contributed by atoms with E-state index in [0.717, 1.165) is 12.8 Å². The first-order valence-electron chi connectivity index (χ1n) is 6.63. The maximum Gasteiger partial charge on any atom is 0.252 e. The van der Waals surface area contributed by atoms with Crippen LogP contribution in [0.3, 0.4) is 0 Å². The van der Waals surface area contributed by atoms with Gasteiger partial charge in [-0.2, -0.15) is 0 Å². The summed E-state index contributed by atoms with van der Waals surface area (Å²) in [5, 5.41) is 12.6. The fourth-order valence-corrected chi connectivity index (χ4v) is 2.78.